The van der Waals surface area contributed by atoms with Gasteiger partial charge in [-0.25, -0.2) is 0 Å². The number of rotatable bonds is 3. The maximum Gasteiger partial charge on any atom is 0.231 e. The van der Waals surface area contributed by atoms with Crippen LogP contribution in [-0.2, 0) is 0 Å². The summed E-state index contributed by atoms with van der Waals surface area (Å²) in [5.74, 6) is 1.05. The van der Waals surface area contributed by atoms with Crippen LogP contribution in [0.5, 0.6) is 11.5 Å². The van der Waals surface area contributed by atoms with E-state index in [2.05, 4.69) is 11.4 Å². The summed E-state index contributed by atoms with van der Waals surface area (Å²) in [6.07, 6.45) is 0. The van der Waals surface area contributed by atoms with Crippen LogP contribution >= 0.6 is 23.2 Å². The quantitative estimate of drug-likeness (QED) is 0.910. The number of hydrogen-bond acceptors (Lipinski definition) is 4. The van der Waals surface area contributed by atoms with Crippen LogP contribution in [0, 0.1) is 11.3 Å². The van der Waals surface area contributed by atoms with Gasteiger partial charge in [0, 0.05) is 0 Å². The zero-order valence-electron chi connectivity index (χ0n) is 10.8. The summed E-state index contributed by atoms with van der Waals surface area (Å²) in [6, 6.07) is 12.2. The molecule has 106 valence electrons. The summed E-state index contributed by atoms with van der Waals surface area (Å²) >= 11 is 12.2. The Labute approximate surface area is 131 Å². The van der Waals surface area contributed by atoms with E-state index in [4.69, 9.17) is 32.7 Å². The number of benzene rings is 2. The number of nitriles is 1. The fraction of sp³-hybridized carbons (Fsp3) is 0.133. The van der Waals surface area contributed by atoms with Gasteiger partial charge in [0.1, 0.15) is 6.04 Å². The monoisotopic (exact) mass is 320 g/mol. The van der Waals surface area contributed by atoms with Crippen molar-refractivity contribution in [2.24, 2.45) is 0 Å². The van der Waals surface area contributed by atoms with Crippen molar-refractivity contribution < 1.29 is 9.47 Å². The third kappa shape index (κ3) is 2.71. The molecule has 21 heavy (non-hydrogen) atoms. The van der Waals surface area contributed by atoms with Crippen LogP contribution in [0.25, 0.3) is 0 Å². The van der Waals surface area contributed by atoms with Crippen LogP contribution in [0.15, 0.2) is 36.4 Å². The Balaban J connectivity index is 1.93. The maximum absolute atomic E-state index is 9.40. The van der Waals surface area contributed by atoms with E-state index in [1.807, 2.05) is 12.1 Å². The van der Waals surface area contributed by atoms with Crippen LogP contribution in [-0.4, -0.2) is 6.79 Å². The number of nitrogens with one attached hydrogen (secondary N) is 1. The van der Waals surface area contributed by atoms with Crippen molar-refractivity contribution in [2.45, 2.75) is 6.04 Å². The van der Waals surface area contributed by atoms with Crippen LogP contribution in [0.1, 0.15) is 11.6 Å². The molecule has 0 saturated carbocycles. The van der Waals surface area contributed by atoms with Gasteiger partial charge >= 0.3 is 0 Å². The summed E-state index contributed by atoms with van der Waals surface area (Å²) < 4.78 is 10.6. The van der Waals surface area contributed by atoms with E-state index < -0.39 is 6.04 Å². The van der Waals surface area contributed by atoms with Gasteiger partial charge in [-0.05, 0) is 29.8 Å². The average Bonchev–Trinajstić information content (AvgIpc) is 2.95. The van der Waals surface area contributed by atoms with Crippen molar-refractivity contribution in [3.8, 4) is 17.6 Å². The lowest BCUT2D eigenvalue weighted by Crippen LogP contribution is -2.08. The molecule has 0 amide bonds. The van der Waals surface area contributed by atoms with Gasteiger partial charge in [-0.1, -0.05) is 35.3 Å². The summed E-state index contributed by atoms with van der Waals surface area (Å²) in [5, 5.41) is 13.4. The number of para-hydroxylation sites is 1. The highest BCUT2D eigenvalue weighted by Gasteiger charge is 2.22. The Morgan fingerprint density at radius 1 is 1.14 bits per heavy atom. The van der Waals surface area contributed by atoms with Gasteiger partial charge in [0.05, 0.1) is 21.8 Å². The van der Waals surface area contributed by atoms with E-state index in [-0.39, 0.29) is 6.79 Å². The molecule has 0 bridgehead atoms. The van der Waals surface area contributed by atoms with Crippen molar-refractivity contribution in [1.29, 1.82) is 5.26 Å². The van der Waals surface area contributed by atoms with E-state index in [9.17, 15) is 5.26 Å². The number of hydrogen-bond donors (Lipinski definition) is 1. The van der Waals surface area contributed by atoms with Gasteiger partial charge < -0.3 is 14.8 Å². The molecule has 0 spiro atoms. The molecule has 0 aliphatic carbocycles. The first-order valence-corrected chi connectivity index (χ1v) is 6.94. The average molecular weight is 321 g/mol. The molecule has 6 heteroatoms. The minimum atomic E-state index is -0.600. The number of ether oxygens (including phenoxy) is 2. The van der Waals surface area contributed by atoms with E-state index in [1.54, 1.807) is 24.3 Å². The molecular weight excluding hydrogens is 311 g/mol. The molecule has 1 aliphatic heterocycles. The Kier molecular flexibility index (Phi) is 3.78. The Morgan fingerprint density at radius 3 is 2.71 bits per heavy atom. The maximum atomic E-state index is 9.40. The molecular formula is C15H10Cl2N2O2. The Bertz CT molecular complexity index is 728. The molecule has 0 aromatic heterocycles. The van der Waals surface area contributed by atoms with E-state index in [0.29, 0.717) is 32.8 Å². The summed E-state index contributed by atoms with van der Waals surface area (Å²) in [6.45, 7) is 0.133. The van der Waals surface area contributed by atoms with Gasteiger partial charge in [-0.2, -0.15) is 5.26 Å². The molecule has 2 aromatic carbocycles. The minimum absolute atomic E-state index is 0.133. The lowest BCUT2D eigenvalue weighted by molar-refractivity contribution is 0.174. The van der Waals surface area contributed by atoms with Crippen LogP contribution < -0.4 is 14.8 Å². The third-order valence-electron chi connectivity index (χ3n) is 3.09. The van der Waals surface area contributed by atoms with Crippen molar-refractivity contribution in [3.05, 3.63) is 52.0 Å². The minimum Gasteiger partial charge on any atom is -0.454 e. The molecule has 0 radical (unpaired) electrons. The first-order valence-electron chi connectivity index (χ1n) is 6.19. The SMILES string of the molecule is N#CC(Nc1ccccc1Cl)c1cc(Cl)c2c(c1)OCO2. The van der Waals surface area contributed by atoms with Crippen molar-refractivity contribution >= 4 is 28.9 Å². The molecule has 1 N–H and O–H groups in total. The number of anilines is 1. The predicted molar refractivity (Wildman–Crippen MR) is 81.0 cm³/mol. The predicted octanol–water partition coefficient (Wildman–Crippen LogP) is 4.40. The number of fused-ring (bicyclic) bond motifs is 1. The molecule has 1 atom stereocenters. The molecule has 3 rings (SSSR count). The smallest absolute Gasteiger partial charge is 0.231 e. The van der Waals surface area contributed by atoms with Crippen molar-refractivity contribution in [3.63, 3.8) is 0 Å². The summed E-state index contributed by atoms with van der Waals surface area (Å²) in [7, 11) is 0. The second-order valence-electron chi connectivity index (χ2n) is 4.42. The van der Waals surface area contributed by atoms with E-state index in [1.165, 1.54) is 0 Å². The second-order valence-corrected chi connectivity index (χ2v) is 5.24. The Morgan fingerprint density at radius 2 is 1.95 bits per heavy atom. The molecule has 1 aliphatic rings. The fourth-order valence-corrected chi connectivity index (χ4v) is 2.54. The van der Waals surface area contributed by atoms with Crippen molar-refractivity contribution in [1.82, 2.24) is 0 Å². The number of halogens is 2. The normalized spacial score (nSPS) is 13.6. The van der Waals surface area contributed by atoms with Crippen molar-refractivity contribution in [2.75, 3.05) is 12.1 Å². The second kappa shape index (κ2) is 5.72. The van der Waals surface area contributed by atoms with Gasteiger partial charge in [-0.3, -0.25) is 0 Å². The topological polar surface area (TPSA) is 54.3 Å². The zero-order valence-corrected chi connectivity index (χ0v) is 12.3. The van der Waals surface area contributed by atoms with Gasteiger partial charge in [-0.15, -0.1) is 0 Å². The standard InChI is InChI=1S/C15H10Cl2N2O2/c16-10-3-1-2-4-12(10)19-13(7-18)9-5-11(17)15-14(6-9)20-8-21-15/h1-6,13,19H,8H2. The van der Waals surface area contributed by atoms with Gasteiger partial charge in [0.2, 0.25) is 6.79 Å². The highest BCUT2D eigenvalue weighted by atomic mass is 35.5. The van der Waals surface area contributed by atoms with Crippen LogP contribution in [0.4, 0.5) is 5.69 Å². The molecule has 4 nitrogen and oxygen atoms in total. The first-order chi connectivity index (χ1) is 10.2. The van der Waals surface area contributed by atoms with Crippen LogP contribution in [0.2, 0.25) is 10.0 Å². The van der Waals surface area contributed by atoms with Gasteiger partial charge in [0.15, 0.2) is 11.5 Å². The molecule has 0 fully saturated rings. The highest BCUT2D eigenvalue weighted by Crippen LogP contribution is 2.41. The molecule has 2 aromatic rings. The summed E-state index contributed by atoms with van der Waals surface area (Å²) in [5.41, 5.74) is 1.37. The zero-order chi connectivity index (χ0) is 14.8. The molecule has 1 heterocycles. The summed E-state index contributed by atoms with van der Waals surface area (Å²) in [4.78, 5) is 0. The van der Waals surface area contributed by atoms with E-state index in [0.717, 1.165) is 0 Å². The Hall–Kier alpha value is -2.09. The lowest BCUT2D eigenvalue weighted by atomic mass is 10.1. The molecule has 1 unspecified atom stereocenters. The first kappa shape index (κ1) is 13.9. The molecule has 0 saturated heterocycles. The van der Waals surface area contributed by atoms with Crippen LogP contribution in [0.3, 0.4) is 0 Å². The largest absolute Gasteiger partial charge is 0.454 e. The number of nitrogens with zero attached hydrogens (tertiary/aromatic N) is 1. The highest BCUT2D eigenvalue weighted by molar-refractivity contribution is 6.33. The van der Waals surface area contributed by atoms with Gasteiger partial charge in [0.25, 0.3) is 0 Å². The fourth-order valence-electron chi connectivity index (χ4n) is 2.08. The van der Waals surface area contributed by atoms with E-state index >= 15 is 0 Å². The third-order valence-corrected chi connectivity index (χ3v) is 3.70. The lowest BCUT2D eigenvalue weighted by Gasteiger charge is -2.15.